The van der Waals surface area contributed by atoms with Crippen LogP contribution in [0.1, 0.15) is 47.2 Å². The Kier molecular flexibility index (Phi) is 9.13. The van der Waals surface area contributed by atoms with Gasteiger partial charge in [-0.1, -0.05) is 35.9 Å². The van der Waals surface area contributed by atoms with Crippen molar-refractivity contribution in [2.45, 2.75) is 37.8 Å². The summed E-state index contributed by atoms with van der Waals surface area (Å²) in [5.41, 5.74) is 3.33. The summed E-state index contributed by atoms with van der Waals surface area (Å²) < 4.78 is 10.8. The van der Waals surface area contributed by atoms with Crippen molar-refractivity contribution >= 4 is 29.3 Å². The number of rotatable bonds is 5. The summed E-state index contributed by atoms with van der Waals surface area (Å²) in [4.78, 5) is 28.7. The van der Waals surface area contributed by atoms with E-state index in [-0.39, 0.29) is 16.3 Å². The summed E-state index contributed by atoms with van der Waals surface area (Å²) >= 11 is 6.91. The van der Waals surface area contributed by atoms with Crippen LogP contribution in [-0.4, -0.2) is 70.0 Å². The predicted octanol–water partition coefficient (Wildman–Crippen LogP) is 5.97. The van der Waals surface area contributed by atoms with E-state index in [2.05, 4.69) is 5.32 Å². The Hall–Kier alpha value is -3.43. The number of carbonyl (C=O) groups excluding carboxylic acids is 2. The van der Waals surface area contributed by atoms with E-state index in [1.54, 1.807) is 7.11 Å². The number of likely N-dealkylation sites (tertiary alicyclic amines) is 1. The molecule has 1 unspecified atom stereocenters. The molecule has 3 aromatic rings. The van der Waals surface area contributed by atoms with E-state index in [1.807, 2.05) is 79.7 Å². The topological polar surface area (TPSA) is 88.1 Å². The van der Waals surface area contributed by atoms with Crippen molar-refractivity contribution in [2.75, 3.05) is 47.9 Å². The highest BCUT2D eigenvalue weighted by molar-refractivity contribution is 6.33. The average molecular weight is 607 g/mol. The number of quaternary nitrogens is 1. The van der Waals surface area contributed by atoms with Crippen LogP contribution in [0.2, 0.25) is 5.02 Å². The van der Waals surface area contributed by atoms with Crippen LogP contribution in [0.25, 0.3) is 11.1 Å². The normalized spacial score (nSPS) is 23.7. The van der Waals surface area contributed by atoms with Gasteiger partial charge >= 0.3 is 6.09 Å². The van der Waals surface area contributed by atoms with Crippen LogP contribution in [-0.2, 0) is 16.9 Å². The lowest BCUT2D eigenvalue weighted by atomic mass is 9.71. The van der Waals surface area contributed by atoms with Crippen LogP contribution in [0.3, 0.4) is 0 Å². The molecular formula is C34H41ClN3O5+. The van der Waals surface area contributed by atoms with Crippen molar-refractivity contribution in [3.05, 3.63) is 82.4 Å². The number of benzene rings is 3. The Morgan fingerprint density at radius 2 is 1.88 bits per heavy atom. The van der Waals surface area contributed by atoms with E-state index in [1.165, 1.54) is 7.11 Å². The summed E-state index contributed by atoms with van der Waals surface area (Å²) in [6.07, 6.45) is 2.03. The molecule has 228 valence electrons. The van der Waals surface area contributed by atoms with Crippen LogP contribution in [0.15, 0.2) is 60.7 Å². The number of fused-ring (bicyclic) bond motifs is 4. The van der Waals surface area contributed by atoms with Gasteiger partial charge in [0.1, 0.15) is 11.4 Å². The molecule has 43 heavy (non-hydrogen) atoms. The first kappa shape index (κ1) is 31.0. The molecule has 3 atom stereocenters. The third-order valence-corrected chi connectivity index (χ3v) is 9.49. The molecule has 2 amide bonds. The zero-order valence-corrected chi connectivity index (χ0v) is 26.1. The number of hydrogen-bond donors (Lipinski definition) is 2. The zero-order valence-electron chi connectivity index (χ0n) is 25.4. The number of nitrogens with zero attached hydrogens (tertiary/aromatic N) is 2. The molecule has 2 aliphatic heterocycles. The highest BCUT2D eigenvalue weighted by Gasteiger charge is 2.45. The smallest absolute Gasteiger partial charge is 0.497 e. The quantitative estimate of drug-likeness (QED) is 0.348. The first-order chi connectivity index (χ1) is 20.6. The molecule has 2 N–H and O–H groups in total. The second kappa shape index (κ2) is 12.7. The van der Waals surface area contributed by atoms with Gasteiger partial charge in [0, 0.05) is 60.3 Å². The van der Waals surface area contributed by atoms with E-state index in [0.29, 0.717) is 60.1 Å². The lowest BCUT2D eigenvalue weighted by Crippen LogP contribution is -2.52. The van der Waals surface area contributed by atoms with Crippen molar-refractivity contribution in [1.82, 2.24) is 14.7 Å². The maximum absolute atomic E-state index is 13.6. The molecule has 0 aliphatic carbocycles. The summed E-state index contributed by atoms with van der Waals surface area (Å²) in [5.74, 6) is 0.293. The minimum absolute atomic E-state index is 0.0390. The summed E-state index contributed by atoms with van der Waals surface area (Å²) in [6.45, 7) is 2.18. The lowest BCUT2D eigenvalue weighted by molar-refractivity contribution is -0.0573. The number of nitrogens with one attached hydrogen (secondary N) is 1. The van der Waals surface area contributed by atoms with Crippen LogP contribution in [0.5, 0.6) is 5.75 Å². The Morgan fingerprint density at radius 1 is 1.12 bits per heavy atom. The van der Waals surface area contributed by atoms with E-state index >= 15 is 0 Å². The molecule has 0 saturated carbocycles. The Bertz CT molecular complexity index is 1500. The van der Waals surface area contributed by atoms with Gasteiger partial charge in [-0.3, -0.25) is 4.79 Å². The van der Waals surface area contributed by atoms with Crippen molar-refractivity contribution in [3.63, 3.8) is 0 Å². The molecular weight excluding hydrogens is 566 g/mol. The molecule has 2 aliphatic rings. The minimum atomic E-state index is -1.31. The van der Waals surface area contributed by atoms with Gasteiger partial charge in [-0.05, 0) is 67.3 Å². The molecule has 8 nitrogen and oxygen atoms in total. The zero-order chi connectivity index (χ0) is 30.8. The predicted molar refractivity (Wildman–Crippen MR) is 169 cm³/mol. The number of amides is 2. The molecule has 9 heteroatoms. The lowest BCUT2D eigenvalue weighted by Gasteiger charge is -2.44. The molecule has 3 aromatic carbocycles. The van der Waals surface area contributed by atoms with Gasteiger partial charge in [0.15, 0.2) is 0 Å². The highest BCUT2D eigenvalue weighted by Crippen LogP contribution is 2.48. The van der Waals surface area contributed by atoms with Gasteiger partial charge < -0.3 is 24.8 Å². The number of piperidine rings is 1. The number of carbonyl (C=O) groups is 2. The maximum Gasteiger partial charge on any atom is 0.520 e. The van der Waals surface area contributed by atoms with Gasteiger partial charge in [-0.15, -0.1) is 0 Å². The van der Waals surface area contributed by atoms with Gasteiger partial charge in [0.25, 0.3) is 5.91 Å². The number of hydrogen-bond acceptors (Lipinski definition) is 6. The molecule has 2 bridgehead atoms. The number of aliphatic hydroxyl groups is 1. The first-order valence-electron chi connectivity index (χ1n) is 14.8. The Labute approximate surface area is 258 Å². The molecule has 0 aromatic heterocycles. The SMILES string of the molecule is CNCc1ccc(C(=O)N2CCC[C@@H]([C@@]3(O)CCC[N+](C)(C(=O)OC)c4cc(OC)cc(c4)-c4c(Cl)cccc43)C2)cc1. The molecule has 0 radical (unpaired) electrons. The molecule has 5 rings (SSSR count). The van der Waals surface area contributed by atoms with Gasteiger partial charge in [0.05, 0.1) is 33.4 Å². The summed E-state index contributed by atoms with van der Waals surface area (Å²) in [6, 6.07) is 19.0. The highest BCUT2D eigenvalue weighted by atomic mass is 35.5. The number of ether oxygens (including phenoxy) is 2. The summed E-state index contributed by atoms with van der Waals surface area (Å²) in [7, 11) is 6.69. The number of methoxy groups -OCH3 is 2. The van der Waals surface area contributed by atoms with Gasteiger partial charge in [-0.2, -0.15) is 9.28 Å². The fourth-order valence-corrected chi connectivity index (χ4v) is 7.05. The van der Waals surface area contributed by atoms with Crippen molar-refractivity contribution in [3.8, 4) is 16.9 Å². The van der Waals surface area contributed by atoms with E-state index in [4.69, 9.17) is 21.1 Å². The van der Waals surface area contributed by atoms with Crippen LogP contribution < -0.4 is 14.5 Å². The fraction of sp³-hybridized carbons (Fsp3) is 0.412. The van der Waals surface area contributed by atoms with Crippen LogP contribution in [0, 0.1) is 5.92 Å². The first-order valence-corrected chi connectivity index (χ1v) is 15.2. The van der Waals surface area contributed by atoms with Crippen molar-refractivity contribution in [1.29, 1.82) is 0 Å². The molecule has 1 fully saturated rings. The Morgan fingerprint density at radius 3 is 2.58 bits per heavy atom. The third kappa shape index (κ3) is 5.89. The van der Waals surface area contributed by atoms with Crippen LogP contribution >= 0.6 is 11.6 Å². The molecule has 2 heterocycles. The van der Waals surface area contributed by atoms with E-state index in [0.717, 1.165) is 36.1 Å². The fourth-order valence-electron chi connectivity index (χ4n) is 6.76. The van der Waals surface area contributed by atoms with E-state index < -0.39 is 11.7 Å². The second-order valence-corrected chi connectivity index (χ2v) is 12.2. The second-order valence-electron chi connectivity index (χ2n) is 11.8. The van der Waals surface area contributed by atoms with Crippen molar-refractivity contribution in [2.24, 2.45) is 5.92 Å². The van der Waals surface area contributed by atoms with Crippen LogP contribution in [0.4, 0.5) is 10.5 Å². The number of halogens is 1. The standard InChI is InChI=1S/C34H41ClN3O5/c1-36-21-23-11-13-24(14-12-23)32(39)37-16-6-8-26(22-37)34(41)15-7-17-38(2,33(40)43-4)27-18-25(19-28(20-27)42-3)31-29(34)9-5-10-30(31)35/h5,9-14,18-20,26,36,41H,6-8,15-17,21-22H2,1-4H3/q+1/t26-,34+,38?/m1/s1. The third-order valence-electron chi connectivity index (χ3n) is 9.17. The monoisotopic (exact) mass is 606 g/mol. The molecule has 1 saturated heterocycles. The minimum Gasteiger partial charge on any atom is -0.497 e. The van der Waals surface area contributed by atoms with Gasteiger partial charge in [0.2, 0.25) is 0 Å². The maximum atomic E-state index is 13.6. The van der Waals surface area contributed by atoms with Gasteiger partial charge in [-0.25, -0.2) is 0 Å². The Balaban J connectivity index is 1.58. The average Bonchev–Trinajstić information content (AvgIpc) is 3.03. The molecule has 0 spiro atoms. The largest absolute Gasteiger partial charge is 0.520 e. The van der Waals surface area contributed by atoms with Crippen molar-refractivity contribution < 1.29 is 24.2 Å². The van der Waals surface area contributed by atoms with E-state index in [9.17, 15) is 14.7 Å². The summed E-state index contributed by atoms with van der Waals surface area (Å²) in [5, 5.41) is 16.4.